The van der Waals surface area contributed by atoms with Gasteiger partial charge in [-0.3, -0.25) is 4.79 Å². The van der Waals surface area contributed by atoms with E-state index >= 15 is 0 Å². The zero-order valence-electron chi connectivity index (χ0n) is 8.71. The Morgan fingerprint density at radius 3 is 2.69 bits per heavy atom. The van der Waals surface area contributed by atoms with Crippen molar-refractivity contribution in [2.24, 2.45) is 5.92 Å². The Morgan fingerprint density at radius 1 is 1.31 bits per heavy atom. The normalized spacial score (nSPS) is 27.7. The molecule has 0 radical (unpaired) electrons. The molecule has 13 heavy (non-hydrogen) atoms. The largest absolute Gasteiger partial charge is 0.462 e. The first kappa shape index (κ1) is 10.6. The van der Waals surface area contributed by atoms with E-state index in [9.17, 15) is 4.79 Å². The number of hydrogen-bond acceptors (Lipinski definition) is 2. The van der Waals surface area contributed by atoms with Crippen LogP contribution in [0.3, 0.4) is 0 Å². The topological polar surface area (TPSA) is 26.3 Å². The van der Waals surface area contributed by atoms with Gasteiger partial charge >= 0.3 is 5.97 Å². The Bertz CT molecular complexity index is 165. The SMILES string of the molecule is CCCCC1CC(CCC)C(=O)O1. The summed E-state index contributed by atoms with van der Waals surface area (Å²) in [5.41, 5.74) is 0. The summed E-state index contributed by atoms with van der Waals surface area (Å²) in [5.74, 6) is 0.245. The minimum absolute atomic E-state index is 0.0444. The highest BCUT2D eigenvalue weighted by atomic mass is 16.5. The van der Waals surface area contributed by atoms with Gasteiger partial charge < -0.3 is 4.74 Å². The number of unbranched alkanes of at least 4 members (excludes halogenated alkanes) is 1. The molecule has 0 bridgehead atoms. The molecule has 1 saturated heterocycles. The smallest absolute Gasteiger partial charge is 0.309 e. The van der Waals surface area contributed by atoms with Gasteiger partial charge in [-0.25, -0.2) is 0 Å². The van der Waals surface area contributed by atoms with Gasteiger partial charge in [-0.15, -0.1) is 0 Å². The lowest BCUT2D eigenvalue weighted by molar-refractivity contribution is -0.144. The van der Waals surface area contributed by atoms with Crippen LogP contribution in [0.15, 0.2) is 0 Å². The van der Waals surface area contributed by atoms with Crippen LogP contribution >= 0.6 is 0 Å². The van der Waals surface area contributed by atoms with Crippen LogP contribution in [0.1, 0.15) is 52.4 Å². The van der Waals surface area contributed by atoms with Crippen molar-refractivity contribution in [3.05, 3.63) is 0 Å². The standard InChI is InChI=1S/C11H20O2/c1-3-5-7-10-8-9(6-4-2)11(12)13-10/h9-10H,3-8H2,1-2H3. The minimum atomic E-state index is 0.0444. The molecule has 2 nitrogen and oxygen atoms in total. The summed E-state index contributed by atoms with van der Waals surface area (Å²) in [6.07, 6.45) is 6.70. The Kier molecular flexibility index (Phi) is 4.26. The van der Waals surface area contributed by atoms with Gasteiger partial charge in [0, 0.05) is 0 Å². The Hall–Kier alpha value is -0.530. The van der Waals surface area contributed by atoms with Crippen LogP contribution in [0, 0.1) is 5.92 Å². The van der Waals surface area contributed by atoms with Crippen LogP contribution in [-0.4, -0.2) is 12.1 Å². The lowest BCUT2D eigenvalue weighted by Crippen LogP contribution is -2.07. The molecule has 2 atom stereocenters. The first-order chi connectivity index (χ1) is 6.27. The number of cyclic esters (lactones) is 1. The van der Waals surface area contributed by atoms with Gasteiger partial charge in [-0.1, -0.05) is 33.1 Å². The van der Waals surface area contributed by atoms with E-state index in [0.29, 0.717) is 0 Å². The summed E-state index contributed by atoms with van der Waals surface area (Å²) in [4.78, 5) is 11.3. The Morgan fingerprint density at radius 2 is 2.08 bits per heavy atom. The van der Waals surface area contributed by atoms with Crippen LogP contribution in [0.5, 0.6) is 0 Å². The van der Waals surface area contributed by atoms with Gasteiger partial charge in [0.15, 0.2) is 0 Å². The lowest BCUT2D eigenvalue weighted by atomic mass is 9.98. The zero-order chi connectivity index (χ0) is 9.68. The van der Waals surface area contributed by atoms with Crippen molar-refractivity contribution in [1.82, 2.24) is 0 Å². The fraction of sp³-hybridized carbons (Fsp3) is 0.909. The van der Waals surface area contributed by atoms with Crippen molar-refractivity contribution in [2.45, 2.75) is 58.5 Å². The summed E-state index contributed by atoms with van der Waals surface area (Å²) in [7, 11) is 0. The maximum absolute atomic E-state index is 11.3. The molecule has 0 aromatic heterocycles. The molecule has 0 amide bonds. The van der Waals surface area contributed by atoms with E-state index in [-0.39, 0.29) is 18.0 Å². The van der Waals surface area contributed by atoms with Crippen LogP contribution in [0.2, 0.25) is 0 Å². The molecule has 0 aromatic rings. The number of carbonyl (C=O) groups is 1. The molecule has 1 fully saturated rings. The number of esters is 1. The monoisotopic (exact) mass is 184 g/mol. The molecule has 0 saturated carbocycles. The number of carbonyl (C=O) groups excluding carboxylic acids is 1. The van der Waals surface area contributed by atoms with E-state index in [1.165, 1.54) is 12.8 Å². The van der Waals surface area contributed by atoms with Gasteiger partial charge in [0.2, 0.25) is 0 Å². The predicted molar refractivity (Wildman–Crippen MR) is 52.4 cm³/mol. The van der Waals surface area contributed by atoms with E-state index in [1.54, 1.807) is 0 Å². The van der Waals surface area contributed by atoms with Gasteiger partial charge in [0.25, 0.3) is 0 Å². The summed E-state index contributed by atoms with van der Waals surface area (Å²) < 4.78 is 5.29. The molecule has 1 aliphatic rings. The van der Waals surface area contributed by atoms with Crippen LogP contribution < -0.4 is 0 Å². The second-order valence-electron chi connectivity index (χ2n) is 3.92. The van der Waals surface area contributed by atoms with Crippen molar-refractivity contribution < 1.29 is 9.53 Å². The highest BCUT2D eigenvalue weighted by Gasteiger charge is 2.32. The number of ether oxygens (including phenoxy) is 1. The summed E-state index contributed by atoms with van der Waals surface area (Å²) in [6, 6.07) is 0. The van der Waals surface area contributed by atoms with E-state index in [2.05, 4.69) is 13.8 Å². The fourth-order valence-corrected chi connectivity index (χ4v) is 1.91. The van der Waals surface area contributed by atoms with Gasteiger partial charge in [0.05, 0.1) is 5.92 Å². The van der Waals surface area contributed by atoms with E-state index in [1.807, 2.05) is 0 Å². The Balaban J connectivity index is 2.27. The average Bonchev–Trinajstić information content (AvgIpc) is 2.45. The quantitative estimate of drug-likeness (QED) is 0.614. The average molecular weight is 184 g/mol. The maximum atomic E-state index is 11.3. The predicted octanol–water partition coefficient (Wildman–Crippen LogP) is 2.91. The van der Waals surface area contributed by atoms with Gasteiger partial charge in [-0.05, 0) is 19.3 Å². The third kappa shape index (κ3) is 3.02. The lowest BCUT2D eigenvalue weighted by Gasteiger charge is -2.06. The van der Waals surface area contributed by atoms with Crippen molar-refractivity contribution >= 4 is 5.97 Å². The summed E-state index contributed by atoms with van der Waals surface area (Å²) in [6.45, 7) is 4.28. The number of hydrogen-bond donors (Lipinski definition) is 0. The molecular weight excluding hydrogens is 164 g/mol. The molecule has 0 spiro atoms. The van der Waals surface area contributed by atoms with Crippen LogP contribution in [-0.2, 0) is 9.53 Å². The molecule has 0 aliphatic carbocycles. The van der Waals surface area contributed by atoms with E-state index < -0.39 is 0 Å². The molecule has 2 heteroatoms. The summed E-state index contributed by atoms with van der Waals surface area (Å²) in [5, 5.41) is 0. The fourth-order valence-electron chi connectivity index (χ4n) is 1.91. The second-order valence-corrected chi connectivity index (χ2v) is 3.92. The van der Waals surface area contributed by atoms with Gasteiger partial charge in [0.1, 0.15) is 6.10 Å². The van der Waals surface area contributed by atoms with Crippen LogP contribution in [0.4, 0.5) is 0 Å². The molecule has 1 heterocycles. The highest BCUT2D eigenvalue weighted by molar-refractivity contribution is 5.74. The summed E-state index contributed by atoms with van der Waals surface area (Å²) >= 11 is 0. The minimum Gasteiger partial charge on any atom is -0.462 e. The first-order valence-corrected chi connectivity index (χ1v) is 5.48. The van der Waals surface area contributed by atoms with Crippen molar-refractivity contribution in [2.75, 3.05) is 0 Å². The maximum Gasteiger partial charge on any atom is 0.309 e. The van der Waals surface area contributed by atoms with Crippen molar-refractivity contribution in [3.63, 3.8) is 0 Å². The molecule has 76 valence electrons. The van der Waals surface area contributed by atoms with E-state index in [0.717, 1.165) is 25.7 Å². The molecule has 1 rings (SSSR count). The molecule has 0 aromatic carbocycles. The highest BCUT2D eigenvalue weighted by Crippen LogP contribution is 2.27. The molecule has 2 unspecified atom stereocenters. The third-order valence-electron chi connectivity index (χ3n) is 2.68. The zero-order valence-corrected chi connectivity index (χ0v) is 8.71. The first-order valence-electron chi connectivity index (χ1n) is 5.48. The second kappa shape index (κ2) is 5.25. The molecule has 0 N–H and O–H groups in total. The van der Waals surface area contributed by atoms with E-state index in [4.69, 9.17) is 4.74 Å². The van der Waals surface area contributed by atoms with Crippen molar-refractivity contribution in [3.8, 4) is 0 Å². The molecule has 1 aliphatic heterocycles. The van der Waals surface area contributed by atoms with Crippen LogP contribution in [0.25, 0.3) is 0 Å². The number of rotatable bonds is 5. The Labute approximate surface area is 80.7 Å². The molecular formula is C11H20O2. The third-order valence-corrected chi connectivity index (χ3v) is 2.68. The van der Waals surface area contributed by atoms with Crippen molar-refractivity contribution in [1.29, 1.82) is 0 Å². The van der Waals surface area contributed by atoms with Gasteiger partial charge in [-0.2, -0.15) is 0 Å².